The van der Waals surface area contributed by atoms with Gasteiger partial charge in [-0.25, -0.2) is 0 Å². The summed E-state index contributed by atoms with van der Waals surface area (Å²) in [5, 5.41) is 28.6. The van der Waals surface area contributed by atoms with Crippen LogP contribution in [0.4, 0.5) is 39.8 Å². The first-order chi connectivity index (χ1) is 26.1. The van der Waals surface area contributed by atoms with E-state index in [1.165, 1.54) is 5.56 Å². The summed E-state index contributed by atoms with van der Waals surface area (Å²) in [6.07, 6.45) is 1.05. The van der Waals surface area contributed by atoms with Gasteiger partial charge in [-0.05, 0) is 73.0 Å². The second kappa shape index (κ2) is 15.2. The van der Waals surface area contributed by atoms with Crippen LogP contribution in [0.1, 0.15) is 21.7 Å². The van der Waals surface area contributed by atoms with Crippen LogP contribution in [0.3, 0.4) is 0 Å². The Bertz CT molecular complexity index is 2600. The molecule has 0 radical (unpaired) electrons. The molecule has 0 saturated heterocycles. The molecule has 0 aromatic heterocycles. The van der Waals surface area contributed by atoms with Gasteiger partial charge in [0.1, 0.15) is 0 Å². The van der Waals surface area contributed by atoms with Crippen molar-refractivity contribution in [2.24, 2.45) is 20.5 Å². The maximum absolute atomic E-state index is 4.77. The third-order valence-corrected chi connectivity index (χ3v) is 9.56. The second-order valence-corrected chi connectivity index (χ2v) is 13.1. The molecule has 0 heterocycles. The average molecular weight is 692 g/mol. The Hall–Kier alpha value is -6.86. The largest absolute Gasteiger partial charge is 0.382 e. The van der Waals surface area contributed by atoms with Gasteiger partial charge in [-0.1, -0.05) is 122 Å². The van der Waals surface area contributed by atoms with E-state index in [-0.39, 0.29) is 1.43 Å². The van der Waals surface area contributed by atoms with E-state index in [1.807, 2.05) is 91.0 Å². The number of hydrogen-bond donors (Lipinski definition) is 3. The van der Waals surface area contributed by atoms with Crippen LogP contribution in [0.5, 0.6) is 0 Å². The molecule has 3 N–H and O–H groups in total. The molecule has 0 aliphatic rings. The van der Waals surface area contributed by atoms with Crippen molar-refractivity contribution in [1.29, 1.82) is 0 Å². The van der Waals surface area contributed by atoms with Crippen LogP contribution in [-0.4, -0.2) is 6.04 Å². The number of hydrogen-bond acceptors (Lipinski definition) is 7. The van der Waals surface area contributed by atoms with Crippen molar-refractivity contribution in [3.63, 3.8) is 0 Å². The fourth-order valence-electron chi connectivity index (χ4n) is 6.53. The lowest BCUT2D eigenvalue weighted by Gasteiger charge is -2.16. The monoisotopic (exact) mass is 691 g/mol. The van der Waals surface area contributed by atoms with Crippen molar-refractivity contribution >= 4 is 72.1 Å². The highest BCUT2D eigenvalue weighted by Gasteiger charge is 2.11. The lowest BCUT2D eigenvalue weighted by atomic mass is 10.1. The quantitative estimate of drug-likeness (QED) is 0.0932. The normalized spacial score (nSPS) is 12.2. The molecule has 1 unspecified atom stereocenters. The van der Waals surface area contributed by atoms with E-state index in [0.717, 1.165) is 84.1 Å². The lowest BCUT2D eigenvalue weighted by molar-refractivity contribution is 0.765. The Labute approximate surface area is 310 Å². The Morgan fingerprint density at radius 3 is 1.30 bits per heavy atom. The number of anilines is 3. The molecule has 0 spiro atoms. The Morgan fingerprint density at radius 1 is 0.415 bits per heavy atom. The Balaban J connectivity index is 0.00000450. The molecular formula is C46H41N7. The molecule has 0 aliphatic heterocycles. The first-order valence-corrected chi connectivity index (χ1v) is 18.0. The van der Waals surface area contributed by atoms with E-state index >= 15 is 0 Å². The van der Waals surface area contributed by atoms with E-state index in [9.17, 15) is 0 Å². The van der Waals surface area contributed by atoms with Gasteiger partial charge in [-0.2, -0.15) is 5.11 Å². The highest BCUT2D eigenvalue weighted by atomic mass is 15.4. The number of hydrazine groups is 1. The van der Waals surface area contributed by atoms with Gasteiger partial charge >= 0.3 is 0 Å². The van der Waals surface area contributed by atoms with Crippen molar-refractivity contribution in [1.82, 2.24) is 0 Å². The predicted molar refractivity (Wildman–Crippen MR) is 225 cm³/mol. The molecule has 1 atom stereocenters. The molecule has 0 bridgehead atoms. The second-order valence-electron chi connectivity index (χ2n) is 13.1. The molecule has 8 aromatic rings. The van der Waals surface area contributed by atoms with Gasteiger partial charge in [0.2, 0.25) is 0 Å². The minimum absolute atomic E-state index is 0. The van der Waals surface area contributed by atoms with Gasteiger partial charge in [-0.3, -0.25) is 0 Å². The number of nitrogens with zero attached hydrogens (tertiary/aromatic N) is 4. The highest BCUT2D eigenvalue weighted by molar-refractivity contribution is 6.04. The van der Waals surface area contributed by atoms with Crippen LogP contribution in [0, 0.1) is 0 Å². The van der Waals surface area contributed by atoms with Gasteiger partial charge in [0, 0.05) is 45.5 Å². The third-order valence-electron chi connectivity index (χ3n) is 9.56. The van der Waals surface area contributed by atoms with E-state index in [0.29, 0.717) is 6.04 Å². The summed E-state index contributed by atoms with van der Waals surface area (Å²) in [6.45, 7) is 4.38. The summed E-state index contributed by atoms with van der Waals surface area (Å²) >= 11 is 0. The van der Waals surface area contributed by atoms with Gasteiger partial charge in [0.25, 0.3) is 0 Å². The minimum Gasteiger partial charge on any atom is -0.382 e. The van der Waals surface area contributed by atoms with Crippen LogP contribution in [-0.2, 0) is 0 Å². The van der Waals surface area contributed by atoms with Crippen molar-refractivity contribution in [3.8, 4) is 11.1 Å². The average Bonchev–Trinajstić information content (AvgIpc) is 3.22. The molecular weight excluding hydrogens is 651 g/mol. The fraction of sp³-hybridized carbons (Fsp3) is 0.0870. The molecule has 0 amide bonds. The molecule has 7 nitrogen and oxygen atoms in total. The van der Waals surface area contributed by atoms with Crippen molar-refractivity contribution in [2.45, 2.75) is 26.3 Å². The van der Waals surface area contributed by atoms with E-state index in [4.69, 9.17) is 10.2 Å². The summed E-state index contributed by atoms with van der Waals surface area (Å²) < 4.78 is 0. The van der Waals surface area contributed by atoms with Crippen LogP contribution in [0.15, 0.2) is 184 Å². The van der Waals surface area contributed by atoms with E-state index in [2.05, 4.69) is 113 Å². The molecule has 8 aromatic carbocycles. The van der Waals surface area contributed by atoms with E-state index in [1.54, 1.807) is 0 Å². The number of nitrogens with one attached hydrogen (secondary N) is 3. The van der Waals surface area contributed by atoms with Crippen molar-refractivity contribution < 1.29 is 1.43 Å². The van der Waals surface area contributed by atoms with E-state index < -0.39 is 0 Å². The van der Waals surface area contributed by atoms with Gasteiger partial charge in [-0.15, -0.1) is 15.3 Å². The summed E-state index contributed by atoms with van der Waals surface area (Å²) in [5.41, 5.74) is 15.4. The number of benzene rings is 8. The molecule has 7 heteroatoms. The van der Waals surface area contributed by atoms with Gasteiger partial charge < -0.3 is 16.2 Å². The summed E-state index contributed by atoms with van der Waals surface area (Å²) in [7, 11) is 0. The van der Waals surface area contributed by atoms with Crippen molar-refractivity contribution in [2.75, 3.05) is 16.2 Å². The zero-order valence-electron chi connectivity index (χ0n) is 29.7. The summed E-state index contributed by atoms with van der Waals surface area (Å²) in [5.74, 6) is 0. The molecule has 8 rings (SSSR count). The predicted octanol–water partition coefficient (Wildman–Crippen LogP) is 14.5. The van der Waals surface area contributed by atoms with Crippen LogP contribution >= 0.6 is 0 Å². The van der Waals surface area contributed by atoms with Crippen LogP contribution < -0.4 is 16.2 Å². The number of rotatable bonds is 11. The standard InChI is InChI=1S/C46H39N7.H2/c1-3-31(2)47-41-25-26-43(36-16-8-7-15-35(36)41)50-51-45-29-30-46(40-20-12-11-19-39(40)45)53-52-44-28-27-42(37-17-9-10-18-38(37)44)49-48-34-23-21-33(22-24-34)32-13-5-4-6-14-32;/h4-31,47,52-53H,3H2,1-2H3;1H. The zero-order valence-corrected chi connectivity index (χ0v) is 29.7. The molecule has 0 saturated carbocycles. The first kappa shape index (κ1) is 33.3. The molecule has 0 aliphatic carbocycles. The minimum atomic E-state index is 0. The van der Waals surface area contributed by atoms with Crippen molar-refractivity contribution in [3.05, 3.63) is 164 Å². The Kier molecular flexibility index (Phi) is 9.53. The molecule has 260 valence electrons. The highest BCUT2D eigenvalue weighted by Crippen LogP contribution is 2.37. The third kappa shape index (κ3) is 7.18. The van der Waals surface area contributed by atoms with Gasteiger partial charge in [0.15, 0.2) is 0 Å². The smallest absolute Gasteiger partial charge is 0.0936 e. The lowest BCUT2D eigenvalue weighted by Crippen LogP contribution is -2.13. The fourth-order valence-corrected chi connectivity index (χ4v) is 6.53. The van der Waals surface area contributed by atoms with Gasteiger partial charge in [0.05, 0.1) is 34.1 Å². The SMILES string of the molecule is CCC(C)Nc1ccc(N=Nc2ccc(NNc3ccc(N=Nc4ccc(-c5ccccc5)cc4)c4ccccc34)c3ccccc23)c2ccccc12.[HH]. The zero-order chi connectivity index (χ0) is 36.0. The topological polar surface area (TPSA) is 85.5 Å². The molecule has 0 fully saturated rings. The number of fused-ring (bicyclic) bond motifs is 3. The molecule has 53 heavy (non-hydrogen) atoms. The Morgan fingerprint density at radius 2 is 0.811 bits per heavy atom. The number of azo groups is 2. The van der Waals surface area contributed by atoms with Crippen LogP contribution in [0.25, 0.3) is 43.4 Å². The summed E-state index contributed by atoms with van der Waals surface area (Å²) in [4.78, 5) is 0. The maximum atomic E-state index is 4.77. The first-order valence-electron chi connectivity index (χ1n) is 18.0. The maximum Gasteiger partial charge on any atom is 0.0936 e. The van der Waals surface area contributed by atoms with Crippen LogP contribution in [0.2, 0.25) is 0 Å². The summed E-state index contributed by atoms with van der Waals surface area (Å²) in [6, 6.07) is 55.9.